The Labute approximate surface area is 103 Å². The number of carbonyl (C=O) groups is 1. The molecule has 0 saturated heterocycles. The van der Waals surface area contributed by atoms with Crippen LogP contribution in [0.1, 0.15) is 5.56 Å². The van der Waals surface area contributed by atoms with E-state index in [0.29, 0.717) is 14.5 Å². The molecular weight excluding hydrogens is 332 g/mol. The molecule has 1 rings (SSSR count). The topological polar surface area (TPSA) is 77.8 Å². The molecule has 0 bridgehead atoms. The van der Waals surface area contributed by atoms with Crippen LogP contribution in [0.4, 0.5) is 0 Å². The number of hydrogen-bond acceptors (Lipinski definition) is 3. The minimum atomic E-state index is -1.44. The second-order valence-corrected chi connectivity index (χ2v) is 4.67. The van der Waals surface area contributed by atoms with Gasteiger partial charge in [0.1, 0.15) is 5.75 Å². The number of halogens is 2. The zero-order valence-corrected chi connectivity index (χ0v) is 10.6. The largest absolute Gasteiger partial charge is 0.506 e. The molecule has 0 amide bonds. The van der Waals surface area contributed by atoms with E-state index in [9.17, 15) is 9.90 Å². The van der Waals surface area contributed by atoms with Gasteiger partial charge in [0.25, 0.3) is 0 Å². The monoisotopic (exact) mass is 338 g/mol. The van der Waals surface area contributed by atoms with Crippen LogP contribution in [0, 0.1) is 0 Å². The van der Waals surface area contributed by atoms with Gasteiger partial charge in [0.2, 0.25) is 0 Å². The Bertz CT molecular complexity index is 369. The maximum Gasteiger partial charge on any atom is 0.332 e. The highest BCUT2D eigenvalue weighted by Gasteiger charge is 2.15. The fourth-order valence-corrected chi connectivity index (χ4v) is 2.33. The minimum absolute atomic E-state index is 0.00713. The second-order valence-electron chi connectivity index (χ2n) is 2.97. The maximum absolute atomic E-state index is 10.4. The third-order valence-electron chi connectivity index (χ3n) is 1.79. The zero-order chi connectivity index (χ0) is 11.6. The molecule has 0 heterocycles. The van der Waals surface area contributed by atoms with Crippen LogP contribution >= 0.6 is 31.9 Å². The average molecular weight is 340 g/mol. The molecule has 0 fully saturated rings. The Hall–Kier alpha value is -0.590. The lowest BCUT2D eigenvalue weighted by Gasteiger charge is -2.08. The molecule has 0 spiro atoms. The molecule has 1 atom stereocenters. The number of aromatic hydroxyl groups is 1. The fraction of sp³-hybridized carbons (Fsp3) is 0.222. The summed E-state index contributed by atoms with van der Waals surface area (Å²) in [7, 11) is 0. The average Bonchev–Trinajstić information content (AvgIpc) is 2.13. The first-order valence-electron chi connectivity index (χ1n) is 3.99. The SMILES string of the molecule is O=C(O)C(O)Cc1cc(Br)c(O)c(Br)c1. The highest BCUT2D eigenvalue weighted by molar-refractivity contribution is 9.11. The first kappa shape index (κ1) is 12.5. The van der Waals surface area contributed by atoms with Crippen molar-refractivity contribution in [2.75, 3.05) is 0 Å². The summed E-state index contributed by atoms with van der Waals surface area (Å²) in [6.07, 6.45) is -1.44. The van der Waals surface area contributed by atoms with Crippen LogP contribution in [0.3, 0.4) is 0 Å². The number of hydrogen-bond donors (Lipinski definition) is 3. The summed E-state index contributed by atoms with van der Waals surface area (Å²) < 4.78 is 0.897. The van der Waals surface area contributed by atoms with Crippen molar-refractivity contribution in [2.45, 2.75) is 12.5 Å². The quantitative estimate of drug-likeness (QED) is 0.786. The second kappa shape index (κ2) is 4.96. The number of aliphatic hydroxyl groups excluding tert-OH is 1. The van der Waals surface area contributed by atoms with Gasteiger partial charge in [0.15, 0.2) is 6.10 Å². The molecule has 15 heavy (non-hydrogen) atoms. The van der Waals surface area contributed by atoms with Gasteiger partial charge in [-0.3, -0.25) is 0 Å². The van der Waals surface area contributed by atoms with Crippen molar-refractivity contribution < 1.29 is 20.1 Å². The Morgan fingerprint density at radius 1 is 1.33 bits per heavy atom. The standard InChI is InChI=1S/C9H8Br2O4/c10-5-1-4(2-6(11)8(5)13)3-7(12)9(14)15/h1-2,7,12-13H,3H2,(H,14,15). The molecule has 1 aromatic rings. The van der Waals surface area contributed by atoms with Gasteiger partial charge in [-0.25, -0.2) is 4.79 Å². The third kappa shape index (κ3) is 3.19. The predicted molar refractivity (Wildman–Crippen MR) is 60.9 cm³/mol. The number of phenolic OH excluding ortho intramolecular Hbond substituents is 1. The normalized spacial score (nSPS) is 12.5. The summed E-state index contributed by atoms with van der Waals surface area (Å²) in [6, 6.07) is 3.12. The van der Waals surface area contributed by atoms with Crippen molar-refractivity contribution in [3.63, 3.8) is 0 Å². The van der Waals surface area contributed by atoms with E-state index >= 15 is 0 Å². The van der Waals surface area contributed by atoms with E-state index in [-0.39, 0.29) is 12.2 Å². The van der Waals surface area contributed by atoms with Crippen molar-refractivity contribution in [3.8, 4) is 5.75 Å². The van der Waals surface area contributed by atoms with Gasteiger partial charge in [-0.05, 0) is 49.6 Å². The van der Waals surface area contributed by atoms with Crippen molar-refractivity contribution in [2.24, 2.45) is 0 Å². The van der Waals surface area contributed by atoms with E-state index in [1.807, 2.05) is 0 Å². The van der Waals surface area contributed by atoms with Gasteiger partial charge in [-0.1, -0.05) is 0 Å². The smallest absolute Gasteiger partial charge is 0.332 e. The fourth-order valence-electron chi connectivity index (χ4n) is 1.05. The first-order chi connectivity index (χ1) is 6.91. The van der Waals surface area contributed by atoms with E-state index in [0.717, 1.165) is 0 Å². The van der Waals surface area contributed by atoms with Crippen LogP contribution in [-0.2, 0) is 11.2 Å². The van der Waals surface area contributed by atoms with Crippen molar-refractivity contribution in [3.05, 3.63) is 26.6 Å². The summed E-state index contributed by atoms with van der Waals surface area (Å²) in [6.45, 7) is 0. The van der Waals surface area contributed by atoms with Crippen LogP contribution in [0.5, 0.6) is 5.75 Å². The van der Waals surface area contributed by atoms with E-state index in [2.05, 4.69) is 31.9 Å². The number of benzene rings is 1. The lowest BCUT2D eigenvalue weighted by molar-refractivity contribution is -0.146. The molecule has 0 saturated carbocycles. The summed E-state index contributed by atoms with van der Waals surface area (Å²) in [5, 5.41) is 27.1. The number of aliphatic hydroxyl groups is 1. The van der Waals surface area contributed by atoms with Gasteiger partial charge >= 0.3 is 5.97 Å². The van der Waals surface area contributed by atoms with E-state index in [1.165, 1.54) is 0 Å². The van der Waals surface area contributed by atoms with Gasteiger partial charge in [0.05, 0.1) is 8.95 Å². The summed E-state index contributed by atoms with van der Waals surface area (Å²) >= 11 is 6.23. The minimum Gasteiger partial charge on any atom is -0.506 e. The Morgan fingerprint density at radius 2 is 1.80 bits per heavy atom. The Morgan fingerprint density at radius 3 is 2.20 bits per heavy atom. The third-order valence-corrected chi connectivity index (χ3v) is 3.00. The van der Waals surface area contributed by atoms with Crippen molar-refractivity contribution in [1.29, 1.82) is 0 Å². The van der Waals surface area contributed by atoms with E-state index in [4.69, 9.17) is 10.2 Å². The molecule has 1 aromatic carbocycles. The molecule has 82 valence electrons. The van der Waals surface area contributed by atoms with Crippen molar-refractivity contribution >= 4 is 37.8 Å². The number of phenols is 1. The summed E-state index contributed by atoms with van der Waals surface area (Å²) in [5.74, 6) is -1.22. The van der Waals surface area contributed by atoms with E-state index < -0.39 is 12.1 Å². The number of carboxylic acid groups (broad SMARTS) is 1. The molecule has 1 unspecified atom stereocenters. The molecule has 4 nitrogen and oxygen atoms in total. The number of rotatable bonds is 3. The van der Waals surface area contributed by atoms with Crippen LogP contribution in [0.25, 0.3) is 0 Å². The maximum atomic E-state index is 10.4. The number of aliphatic carboxylic acids is 1. The highest BCUT2D eigenvalue weighted by Crippen LogP contribution is 2.33. The number of carboxylic acids is 1. The van der Waals surface area contributed by atoms with Crippen LogP contribution in [0.15, 0.2) is 21.1 Å². The van der Waals surface area contributed by atoms with Gasteiger partial charge < -0.3 is 15.3 Å². The molecule has 0 aromatic heterocycles. The molecule has 6 heteroatoms. The molecule has 0 aliphatic rings. The zero-order valence-electron chi connectivity index (χ0n) is 7.44. The lowest BCUT2D eigenvalue weighted by atomic mass is 10.1. The molecule has 3 N–H and O–H groups in total. The van der Waals surface area contributed by atoms with Gasteiger partial charge in [0, 0.05) is 6.42 Å². The molecular formula is C9H8Br2O4. The van der Waals surface area contributed by atoms with Crippen molar-refractivity contribution in [1.82, 2.24) is 0 Å². The van der Waals surface area contributed by atoms with Gasteiger partial charge in [-0.2, -0.15) is 0 Å². The van der Waals surface area contributed by atoms with Crippen LogP contribution < -0.4 is 0 Å². The molecule has 0 aliphatic heterocycles. The summed E-state index contributed by atoms with van der Waals surface area (Å²) in [4.78, 5) is 10.4. The Kier molecular flexibility index (Phi) is 4.12. The first-order valence-corrected chi connectivity index (χ1v) is 5.58. The molecule has 0 aliphatic carbocycles. The predicted octanol–water partition coefficient (Wildman–Crippen LogP) is 1.91. The highest BCUT2D eigenvalue weighted by atomic mass is 79.9. The van der Waals surface area contributed by atoms with Crippen LogP contribution in [-0.4, -0.2) is 27.4 Å². The van der Waals surface area contributed by atoms with Crippen LogP contribution in [0.2, 0.25) is 0 Å². The summed E-state index contributed by atoms with van der Waals surface area (Å²) in [5.41, 5.74) is 0.612. The molecule has 0 radical (unpaired) electrons. The van der Waals surface area contributed by atoms with E-state index in [1.54, 1.807) is 12.1 Å². The van der Waals surface area contributed by atoms with Gasteiger partial charge in [-0.15, -0.1) is 0 Å². The lowest BCUT2D eigenvalue weighted by Crippen LogP contribution is -2.21. The Balaban J connectivity index is 2.92.